The molecule has 4 heteroatoms. The molecule has 0 aliphatic rings. The molecule has 0 aromatic carbocycles. The average Bonchev–Trinajstić information content (AvgIpc) is 2.28. The van der Waals surface area contributed by atoms with Crippen molar-refractivity contribution >= 4 is 0 Å². The van der Waals surface area contributed by atoms with E-state index in [-0.39, 0.29) is 6.29 Å². The number of rotatable bonds is 8. The summed E-state index contributed by atoms with van der Waals surface area (Å²) in [7, 11) is 1.61. The molecule has 0 rings (SSSR count). The van der Waals surface area contributed by atoms with E-state index in [4.69, 9.17) is 18.9 Å². The molecule has 1 unspecified atom stereocenters. The van der Waals surface area contributed by atoms with Crippen LogP contribution >= 0.6 is 0 Å². The lowest BCUT2D eigenvalue weighted by molar-refractivity contribution is -0.109. The molecule has 0 aliphatic carbocycles. The largest absolute Gasteiger partial charge is 0.356 e. The predicted molar refractivity (Wildman–Crippen MR) is 61.9 cm³/mol. The van der Waals surface area contributed by atoms with Crippen LogP contribution in [0, 0.1) is 11.8 Å². The van der Waals surface area contributed by atoms with Crippen LogP contribution in [-0.2, 0) is 18.9 Å². The summed E-state index contributed by atoms with van der Waals surface area (Å²) < 4.78 is 20.8. The third-order valence-electron chi connectivity index (χ3n) is 1.77. The summed E-state index contributed by atoms with van der Waals surface area (Å²) in [5, 5.41) is 0. The van der Waals surface area contributed by atoms with Crippen molar-refractivity contribution in [3.63, 3.8) is 0 Å². The number of methoxy groups -OCH3 is 1. The fraction of sp³-hybridized carbons (Fsp3) is 0.833. The Morgan fingerprint density at radius 3 is 2.19 bits per heavy atom. The van der Waals surface area contributed by atoms with Crippen LogP contribution in [0.4, 0.5) is 0 Å². The van der Waals surface area contributed by atoms with Gasteiger partial charge in [-0.15, -0.1) is 0 Å². The Morgan fingerprint density at radius 1 is 1.06 bits per heavy atom. The minimum absolute atomic E-state index is 0.184. The van der Waals surface area contributed by atoms with Gasteiger partial charge in [0, 0.05) is 26.7 Å². The molecule has 0 saturated heterocycles. The van der Waals surface area contributed by atoms with Crippen molar-refractivity contribution in [1.29, 1.82) is 0 Å². The Kier molecular flexibility index (Phi) is 10.5. The summed E-state index contributed by atoms with van der Waals surface area (Å²) in [5.74, 6) is 5.85. The zero-order valence-corrected chi connectivity index (χ0v) is 10.6. The van der Waals surface area contributed by atoms with E-state index in [9.17, 15) is 0 Å². The van der Waals surface area contributed by atoms with Crippen molar-refractivity contribution in [3.05, 3.63) is 0 Å². The average molecular weight is 230 g/mol. The molecule has 0 N–H and O–H groups in total. The first-order chi connectivity index (χ1) is 7.74. The van der Waals surface area contributed by atoms with Gasteiger partial charge in [-0.3, -0.25) is 0 Å². The fourth-order valence-corrected chi connectivity index (χ4v) is 0.934. The maximum atomic E-state index is 5.29. The van der Waals surface area contributed by atoms with Crippen LogP contribution < -0.4 is 0 Å². The van der Waals surface area contributed by atoms with Gasteiger partial charge in [-0.25, -0.2) is 0 Å². The lowest BCUT2D eigenvalue weighted by Gasteiger charge is -2.10. The standard InChI is InChI=1S/C12H22O4/c1-5-14-12(15-6-2)9-7-8-10-16-11(3)13-4/h11-12H,5-6,8,10H2,1-4H3. The normalized spacial score (nSPS) is 12.3. The minimum atomic E-state index is -0.421. The van der Waals surface area contributed by atoms with Gasteiger partial charge in [-0.2, -0.15) is 0 Å². The highest BCUT2D eigenvalue weighted by atomic mass is 16.7. The van der Waals surface area contributed by atoms with E-state index in [0.717, 1.165) is 0 Å². The minimum Gasteiger partial charge on any atom is -0.356 e. The maximum absolute atomic E-state index is 5.29. The van der Waals surface area contributed by atoms with E-state index >= 15 is 0 Å². The van der Waals surface area contributed by atoms with Crippen LogP contribution in [0.25, 0.3) is 0 Å². The zero-order valence-electron chi connectivity index (χ0n) is 10.6. The third kappa shape index (κ3) is 8.69. The summed E-state index contributed by atoms with van der Waals surface area (Å²) in [6.45, 7) is 7.41. The van der Waals surface area contributed by atoms with Crippen LogP contribution in [0.5, 0.6) is 0 Å². The van der Waals surface area contributed by atoms with Crippen molar-refractivity contribution in [3.8, 4) is 11.8 Å². The van der Waals surface area contributed by atoms with Gasteiger partial charge in [0.2, 0.25) is 6.29 Å². The first kappa shape index (κ1) is 15.4. The van der Waals surface area contributed by atoms with E-state index in [1.54, 1.807) is 7.11 Å². The molecule has 0 bridgehead atoms. The second-order valence-electron chi connectivity index (χ2n) is 2.99. The third-order valence-corrected chi connectivity index (χ3v) is 1.77. The highest BCUT2D eigenvalue weighted by Gasteiger charge is 2.01. The molecule has 1 atom stereocenters. The van der Waals surface area contributed by atoms with Crippen molar-refractivity contribution in [2.75, 3.05) is 26.9 Å². The quantitative estimate of drug-likeness (QED) is 0.362. The highest BCUT2D eigenvalue weighted by Crippen LogP contribution is 1.94. The molecular weight excluding hydrogens is 208 g/mol. The predicted octanol–water partition coefficient (Wildman–Crippen LogP) is 1.79. The molecule has 0 radical (unpaired) electrons. The molecule has 4 nitrogen and oxygen atoms in total. The first-order valence-corrected chi connectivity index (χ1v) is 5.60. The number of hydrogen-bond donors (Lipinski definition) is 0. The van der Waals surface area contributed by atoms with Gasteiger partial charge < -0.3 is 18.9 Å². The van der Waals surface area contributed by atoms with Crippen LogP contribution in [0.2, 0.25) is 0 Å². The SMILES string of the molecule is CCOC(C#CCCOC(C)OC)OCC. The van der Waals surface area contributed by atoms with E-state index < -0.39 is 6.29 Å². The maximum Gasteiger partial charge on any atom is 0.222 e. The van der Waals surface area contributed by atoms with Crippen molar-refractivity contribution in [1.82, 2.24) is 0 Å². The topological polar surface area (TPSA) is 36.9 Å². The Bertz CT molecular complexity index is 201. The molecule has 0 aliphatic heterocycles. The summed E-state index contributed by atoms with van der Waals surface area (Å²) >= 11 is 0. The molecule has 0 aromatic rings. The summed E-state index contributed by atoms with van der Waals surface area (Å²) in [6.07, 6.45) is 0.0379. The van der Waals surface area contributed by atoms with Gasteiger partial charge in [0.25, 0.3) is 0 Å². The molecule has 0 saturated carbocycles. The monoisotopic (exact) mass is 230 g/mol. The molecule has 16 heavy (non-hydrogen) atoms. The van der Waals surface area contributed by atoms with Crippen LogP contribution in [0.3, 0.4) is 0 Å². The van der Waals surface area contributed by atoms with Crippen molar-refractivity contribution < 1.29 is 18.9 Å². The van der Waals surface area contributed by atoms with Crippen LogP contribution in [0.15, 0.2) is 0 Å². The van der Waals surface area contributed by atoms with E-state index in [1.807, 2.05) is 20.8 Å². The lowest BCUT2D eigenvalue weighted by Crippen LogP contribution is -2.15. The Labute approximate surface area is 98.2 Å². The van der Waals surface area contributed by atoms with E-state index in [1.165, 1.54) is 0 Å². The summed E-state index contributed by atoms with van der Waals surface area (Å²) in [4.78, 5) is 0. The second kappa shape index (κ2) is 10.9. The van der Waals surface area contributed by atoms with Gasteiger partial charge in [-0.05, 0) is 26.7 Å². The number of ether oxygens (including phenoxy) is 4. The van der Waals surface area contributed by atoms with Crippen LogP contribution in [0.1, 0.15) is 27.2 Å². The van der Waals surface area contributed by atoms with E-state index in [2.05, 4.69) is 11.8 Å². The zero-order chi connectivity index (χ0) is 12.2. The lowest BCUT2D eigenvalue weighted by atomic mass is 10.4. The number of hydrogen-bond acceptors (Lipinski definition) is 4. The van der Waals surface area contributed by atoms with Crippen molar-refractivity contribution in [2.45, 2.75) is 39.8 Å². The highest BCUT2D eigenvalue weighted by molar-refractivity contribution is 5.02. The Morgan fingerprint density at radius 2 is 1.69 bits per heavy atom. The van der Waals surface area contributed by atoms with Gasteiger partial charge >= 0.3 is 0 Å². The van der Waals surface area contributed by atoms with Gasteiger partial charge in [0.1, 0.15) is 0 Å². The first-order valence-electron chi connectivity index (χ1n) is 5.60. The Hall–Kier alpha value is -0.600. The molecular formula is C12H22O4. The molecule has 0 amide bonds. The Balaban J connectivity index is 3.70. The second-order valence-corrected chi connectivity index (χ2v) is 2.99. The smallest absolute Gasteiger partial charge is 0.222 e. The van der Waals surface area contributed by atoms with Gasteiger partial charge in [0.15, 0.2) is 6.29 Å². The van der Waals surface area contributed by atoms with Crippen LogP contribution in [-0.4, -0.2) is 39.5 Å². The van der Waals surface area contributed by atoms with Crippen molar-refractivity contribution in [2.24, 2.45) is 0 Å². The van der Waals surface area contributed by atoms with Gasteiger partial charge in [0.05, 0.1) is 6.61 Å². The fourth-order valence-electron chi connectivity index (χ4n) is 0.934. The van der Waals surface area contributed by atoms with Gasteiger partial charge in [-0.1, -0.05) is 5.92 Å². The molecule has 0 fully saturated rings. The summed E-state index contributed by atoms with van der Waals surface area (Å²) in [5.41, 5.74) is 0. The molecule has 0 spiro atoms. The molecule has 94 valence electrons. The summed E-state index contributed by atoms with van der Waals surface area (Å²) in [6, 6.07) is 0. The molecule has 0 heterocycles. The molecule has 0 aromatic heterocycles. The van der Waals surface area contributed by atoms with E-state index in [0.29, 0.717) is 26.2 Å².